The number of hydrogen-bond donors (Lipinski definition) is 3. The number of nitrogens with two attached hydrogens (primary N) is 2. The topological polar surface area (TPSA) is 72.3 Å². The van der Waals surface area contributed by atoms with Gasteiger partial charge in [0.05, 0.1) is 16.3 Å². The summed E-state index contributed by atoms with van der Waals surface area (Å²) in [6.07, 6.45) is 0.575. The number of halogens is 2. The lowest BCUT2D eigenvalue weighted by Gasteiger charge is -2.09. The molecule has 0 atom stereocenters. The number of aliphatic hydroxyl groups excluding tert-OH is 1. The summed E-state index contributed by atoms with van der Waals surface area (Å²) in [6.45, 7) is 0.0667. The molecule has 0 radical (unpaired) electrons. The molecule has 0 fully saturated rings. The van der Waals surface area contributed by atoms with Crippen LogP contribution in [-0.4, -0.2) is 17.5 Å². The van der Waals surface area contributed by atoms with Crippen molar-refractivity contribution in [2.45, 2.75) is 11.3 Å². The Bertz CT molecular complexity index is 362. The van der Waals surface area contributed by atoms with Crippen molar-refractivity contribution in [2.75, 3.05) is 23.8 Å². The van der Waals surface area contributed by atoms with Crippen molar-refractivity contribution in [2.24, 2.45) is 0 Å². The summed E-state index contributed by atoms with van der Waals surface area (Å²) in [4.78, 5) is 0.294. The van der Waals surface area contributed by atoms with Crippen LogP contribution < -0.4 is 11.5 Å². The summed E-state index contributed by atoms with van der Waals surface area (Å²) < 4.78 is 13.6. The van der Waals surface area contributed by atoms with Crippen LogP contribution in [0, 0.1) is 5.82 Å². The van der Waals surface area contributed by atoms with E-state index in [1.165, 1.54) is 17.8 Å². The summed E-state index contributed by atoms with van der Waals surface area (Å²) in [5, 5.41) is 8.50. The molecule has 0 aliphatic carbocycles. The predicted octanol–water partition coefficient (Wildman–Crippen LogP) is 2.12. The zero-order valence-corrected chi connectivity index (χ0v) is 9.54. The maximum Gasteiger partial charge on any atom is 0.159 e. The third-order valence-electron chi connectivity index (χ3n) is 1.77. The maximum absolute atomic E-state index is 13.6. The molecular formula is C9H12ClFN2OS. The molecule has 1 aromatic carbocycles. The first kappa shape index (κ1) is 12.4. The van der Waals surface area contributed by atoms with E-state index in [1.54, 1.807) is 0 Å². The molecule has 1 aromatic rings. The lowest BCUT2D eigenvalue weighted by molar-refractivity contribution is 0.296. The second kappa shape index (κ2) is 5.44. The Labute approximate surface area is 96.6 Å². The first-order valence-corrected chi connectivity index (χ1v) is 5.71. The van der Waals surface area contributed by atoms with E-state index in [9.17, 15) is 4.39 Å². The highest BCUT2D eigenvalue weighted by Crippen LogP contribution is 2.36. The smallest absolute Gasteiger partial charge is 0.159 e. The molecule has 6 heteroatoms. The van der Waals surface area contributed by atoms with Gasteiger partial charge in [0, 0.05) is 12.4 Å². The fourth-order valence-electron chi connectivity index (χ4n) is 1.04. The lowest BCUT2D eigenvalue weighted by Crippen LogP contribution is -1.99. The monoisotopic (exact) mass is 250 g/mol. The molecular weight excluding hydrogens is 239 g/mol. The van der Waals surface area contributed by atoms with Gasteiger partial charge in [-0.15, -0.1) is 11.8 Å². The second-order valence-electron chi connectivity index (χ2n) is 2.94. The van der Waals surface area contributed by atoms with Gasteiger partial charge in [0.25, 0.3) is 0 Å². The van der Waals surface area contributed by atoms with Crippen molar-refractivity contribution in [3.05, 3.63) is 16.9 Å². The Morgan fingerprint density at radius 3 is 2.67 bits per heavy atom. The fourth-order valence-corrected chi connectivity index (χ4v) is 2.17. The predicted molar refractivity (Wildman–Crippen MR) is 62.7 cm³/mol. The molecule has 0 bridgehead atoms. The Morgan fingerprint density at radius 2 is 2.07 bits per heavy atom. The molecule has 3 nitrogen and oxygen atoms in total. The van der Waals surface area contributed by atoms with Gasteiger partial charge in [-0.3, -0.25) is 0 Å². The van der Waals surface area contributed by atoms with E-state index in [0.717, 1.165) is 0 Å². The Morgan fingerprint density at radius 1 is 1.40 bits per heavy atom. The number of nitrogen functional groups attached to an aromatic ring is 2. The van der Waals surface area contributed by atoms with Crippen molar-refractivity contribution in [3.63, 3.8) is 0 Å². The van der Waals surface area contributed by atoms with Gasteiger partial charge in [0.1, 0.15) is 5.02 Å². The molecule has 0 aliphatic heterocycles. The van der Waals surface area contributed by atoms with Crippen LogP contribution >= 0.6 is 23.4 Å². The minimum absolute atomic E-state index is 0.0667. The third kappa shape index (κ3) is 2.90. The van der Waals surface area contributed by atoms with Crippen LogP contribution in [0.2, 0.25) is 5.02 Å². The first-order chi connectivity index (χ1) is 7.07. The molecule has 0 heterocycles. The van der Waals surface area contributed by atoms with E-state index in [-0.39, 0.29) is 23.0 Å². The summed E-state index contributed by atoms with van der Waals surface area (Å²) in [5.74, 6) is -0.00480. The minimum Gasteiger partial charge on any atom is -0.398 e. The van der Waals surface area contributed by atoms with Gasteiger partial charge in [0.2, 0.25) is 0 Å². The van der Waals surface area contributed by atoms with Crippen molar-refractivity contribution in [1.29, 1.82) is 0 Å². The largest absolute Gasteiger partial charge is 0.398 e. The van der Waals surface area contributed by atoms with E-state index in [0.29, 0.717) is 17.1 Å². The van der Waals surface area contributed by atoms with Gasteiger partial charge in [-0.2, -0.15) is 0 Å². The summed E-state index contributed by atoms with van der Waals surface area (Å²) in [5.41, 5.74) is 11.5. The third-order valence-corrected chi connectivity index (χ3v) is 3.35. The molecule has 0 amide bonds. The van der Waals surface area contributed by atoms with Crippen LogP contribution in [0.5, 0.6) is 0 Å². The number of anilines is 2. The summed E-state index contributed by atoms with van der Waals surface area (Å²) in [7, 11) is 0. The van der Waals surface area contributed by atoms with Crippen molar-refractivity contribution >= 4 is 34.7 Å². The number of benzene rings is 1. The minimum atomic E-state index is -0.586. The van der Waals surface area contributed by atoms with Crippen LogP contribution in [0.3, 0.4) is 0 Å². The van der Waals surface area contributed by atoms with E-state index >= 15 is 0 Å². The van der Waals surface area contributed by atoms with Gasteiger partial charge in [-0.25, -0.2) is 4.39 Å². The molecule has 1 rings (SSSR count). The Balaban J connectivity index is 2.92. The molecule has 84 valence electrons. The maximum atomic E-state index is 13.6. The quantitative estimate of drug-likeness (QED) is 0.435. The van der Waals surface area contributed by atoms with Crippen molar-refractivity contribution in [1.82, 2.24) is 0 Å². The summed E-state index contributed by atoms with van der Waals surface area (Å²) >= 11 is 6.87. The number of rotatable bonds is 4. The molecule has 5 N–H and O–H groups in total. The lowest BCUT2D eigenvalue weighted by atomic mass is 10.3. The molecule has 0 aromatic heterocycles. The molecule has 0 unspecified atom stereocenters. The average molecular weight is 251 g/mol. The zero-order valence-electron chi connectivity index (χ0n) is 7.96. The van der Waals surface area contributed by atoms with Gasteiger partial charge in [-0.1, -0.05) is 11.6 Å². The Hall–Kier alpha value is -0.650. The average Bonchev–Trinajstić information content (AvgIpc) is 2.20. The van der Waals surface area contributed by atoms with E-state index in [1.807, 2.05) is 0 Å². The normalized spacial score (nSPS) is 10.6. The summed E-state index contributed by atoms with van der Waals surface area (Å²) in [6, 6.07) is 1.44. The van der Waals surface area contributed by atoms with Gasteiger partial charge in [0.15, 0.2) is 5.82 Å². The number of thioether (sulfide) groups is 1. The van der Waals surface area contributed by atoms with Crippen LogP contribution in [0.1, 0.15) is 6.42 Å². The SMILES string of the molecule is Nc1cc(N)c(SCCCO)c(F)c1Cl. The highest BCUT2D eigenvalue weighted by Gasteiger charge is 2.14. The van der Waals surface area contributed by atoms with Crippen molar-refractivity contribution in [3.8, 4) is 0 Å². The second-order valence-corrected chi connectivity index (χ2v) is 4.42. The standard InChI is InChI=1S/C9H12ClFN2OS/c10-7-5(12)4-6(13)9(8(7)11)15-3-1-2-14/h4,14H,1-3,12-13H2. The molecule has 15 heavy (non-hydrogen) atoms. The van der Waals surface area contributed by atoms with Gasteiger partial charge in [-0.05, 0) is 12.5 Å². The van der Waals surface area contributed by atoms with Crippen LogP contribution in [-0.2, 0) is 0 Å². The van der Waals surface area contributed by atoms with E-state index < -0.39 is 5.82 Å². The first-order valence-electron chi connectivity index (χ1n) is 4.34. The highest BCUT2D eigenvalue weighted by molar-refractivity contribution is 7.99. The zero-order chi connectivity index (χ0) is 11.4. The van der Waals surface area contributed by atoms with Gasteiger partial charge < -0.3 is 16.6 Å². The molecule has 0 aliphatic rings. The molecule has 0 saturated carbocycles. The molecule has 0 spiro atoms. The molecule has 0 saturated heterocycles. The van der Waals surface area contributed by atoms with Crippen LogP contribution in [0.4, 0.5) is 15.8 Å². The van der Waals surface area contributed by atoms with E-state index in [2.05, 4.69) is 0 Å². The number of aliphatic hydroxyl groups is 1. The van der Waals surface area contributed by atoms with Gasteiger partial charge >= 0.3 is 0 Å². The van der Waals surface area contributed by atoms with E-state index in [4.69, 9.17) is 28.2 Å². The Kier molecular flexibility index (Phi) is 4.50. The number of hydrogen-bond acceptors (Lipinski definition) is 4. The highest BCUT2D eigenvalue weighted by atomic mass is 35.5. The van der Waals surface area contributed by atoms with Crippen LogP contribution in [0.25, 0.3) is 0 Å². The van der Waals surface area contributed by atoms with Crippen molar-refractivity contribution < 1.29 is 9.50 Å². The van der Waals surface area contributed by atoms with Crippen LogP contribution in [0.15, 0.2) is 11.0 Å². The fraction of sp³-hybridized carbons (Fsp3) is 0.333.